The molecule has 4 N–H and O–H groups in total. The number of aromatic hydroxyl groups is 1. The maximum Gasteiger partial charge on any atom is 0.209 e. The number of allylic oxidation sites excluding steroid dienone is 2. The predicted octanol–water partition coefficient (Wildman–Crippen LogP) is 7.89. The zero-order chi connectivity index (χ0) is 35.6. The van der Waals surface area contributed by atoms with E-state index in [2.05, 4.69) is 43.3 Å². The summed E-state index contributed by atoms with van der Waals surface area (Å²) in [4.78, 5) is 40.9. The van der Waals surface area contributed by atoms with E-state index in [0.717, 1.165) is 43.7 Å². The summed E-state index contributed by atoms with van der Waals surface area (Å²) in [5.41, 5.74) is 0.252. The van der Waals surface area contributed by atoms with E-state index in [4.69, 9.17) is 0 Å². The minimum atomic E-state index is -2.62. The highest BCUT2D eigenvalue weighted by Crippen LogP contribution is 2.65. The third-order valence-electron chi connectivity index (χ3n) is 11.5. The van der Waals surface area contributed by atoms with Crippen LogP contribution in [0.1, 0.15) is 86.5 Å². The first-order chi connectivity index (χ1) is 23.0. The first-order valence-corrected chi connectivity index (χ1v) is 17.2. The molecule has 3 aliphatic rings. The normalized spacial score (nSPS) is 26.5. The number of aryl methyl sites for hydroxylation is 3. The summed E-state index contributed by atoms with van der Waals surface area (Å²) in [5, 5.41) is 46.6. The number of aliphatic hydroxyl groups is 3. The molecule has 3 aromatic rings. The number of phenols is 1. The van der Waals surface area contributed by atoms with Crippen LogP contribution in [0.15, 0.2) is 83.3 Å². The molecular weight excluding hydrogens is 616 g/mol. The fraction of sp³-hybridized carbons (Fsp3) is 0.405. The number of Topliss-reactive ketones (excluding diaryl/α,β-unsaturated/α-hetero) is 3. The highest BCUT2D eigenvalue weighted by Gasteiger charge is 2.71. The van der Waals surface area contributed by atoms with E-state index in [1.165, 1.54) is 22.8 Å². The fourth-order valence-corrected chi connectivity index (χ4v) is 9.27. The zero-order valence-corrected chi connectivity index (χ0v) is 29.2. The van der Waals surface area contributed by atoms with Crippen molar-refractivity contribution in [3.63, 3.8) is 0 Å². The van der Waals surface area contributed by atoms with Gasteiger partial charge < -0.3 is 20.4 Å². The minimum absolute atomic E-state index is 0.0257. The molecule has 4 atom stereocenters. The number of benzene rings is 3. The number of aliphatic hydroxyl groups excluding tert-OH is 2. The monoisotopic (exact) mass is 662 g/mol. The third kappa shape index (κ3) is 5.25. The molecule has 1 unspecified atom stereocenters. The highest BCUT2D eigenvalue weighted by atomic mass is 16.3. The van der Waals surface area contributed by atoms with Gasteiger partial charge in [-0.15, -0.1) is 0 Å². The van der Waals surface area contributed by atoms with Gasteiger partial charge in [-0.3, -0.25) is 14.4 Å². The Kier molecular flexibility index (Phi) is 8.51. The Bertz CT molecular complexity index is 1930. The molecule has 49 heavy (non-hydrogen) atoms. The van der Waals surface area contributed by atoms with Gasteiger partial charge in [0.15, 0.2) is 17.2 Å². The zero-order valence-electron chi connectivity index (χ0n) is 29.2. The van der Waals surface area contributed by atoms with E-state index in [9.17, 15) is 34.8 Å². The van der Waals surface area contributed by atoms with Gasteiger partial charge in [0.2, 0.25) is 5.78 Å². The van der Waals surface area contributed by atoms with Crippen molar-refractivity contribution < 1.29 is 34.8 Å². The van der Waals surface area contributed by atoms with Crippen molar-refractivity contribution in [2.24, 2.45) is 22.7 Å². The van der Waals surface area contributed by atoms with Crippen LogP contribution in [0.25, 0.3) is 11.1 Å². The van der Waals surface area contributed by atoms with Gasteiger partial charge in [0.05, 0.1) is 5.56 Å². The molecule has 0 radical (unpaired) electrons. The Hall–Kier alpha value is -4.49. The van der Waals surface area contributed by atoms with Crippen molar-refractivity contribution in [1.82, 2.24) is 0 Å². The van der Waals surface area contributed by atoms with Crippen LogP contribution < -0.4 is 0 Å². The van der Waals surface area contributed by atoms with Crippen molar-refractivity contribution >= 4 is 17.3 Å². The van der Waals surface area contributed by atoms with E-state index in [0.29, 0.717) is 5.56 Å². The molecule has 0 saturated carbocycles. The number of ketones is 3. The first kappa shape index (κ1) is 34.4. The summed E-state index contributed by atoms with van der Waals surface area (Å²) in [5.74, 6) is -5.16. The minimum Gasteiger partial charge on any atom is -0.511 e. The fourth-order valence-electron chi connectivity index (χ4n) is 9.27. The molecule has 7 nitrogen and oxygen atoms in total. The number of carbonyl (C=O) groups excluding carboxylic acids is 3. The topological polar surface area (TPSA) is 132 Å². The maximum atomic E-state index is 14.4. The van der Waals surface area contributed by atoms with Crippen LogP contribution in [0.5, 0.6) is 5.75 Å². The Balaban J connectivity index is 1.35. The first-order valence-electron chi connectivity index (χ1n) is 17.2. The van der Waals surface area contributed by atoms with Crippen LogP contribution in [0, 0.1) is 29.6 Å². The molecule has 0 heterocycles. The number of hydrogen-bond acceptors (Lipinski definition) is 7. The molecule has 0 bridgehead atoms. The van der Waals surface area contributed by atoms with Crippen LogP contribution in [0.3, 0.4) is 0 Å². The Morgan fingerprint density at radius 1 is 0.878 bits per heavy atom. The molecule has 3 aliphatic carbocycles. The number of unbranched alkanes of at least 4 members (excludes halogenated alkanes) is 1. The van der Waals surface area contributed by atoms with Gasteiger partial charge in [0.1, 0.15) is 22.8 Å². The Labute approximate surface area is 288 Å². The highest BCUT2D eigenvalue weighted by molar-refractivity contribution is 6.25. The quantitative estimate of drug-likeness (QED) is 0.142. The second-order valence-electron chi connectivity index (χ2n) is 15.3. The standard InChI is InChI=1S/C42H46O7/c1-23(2)34-36(45)32(25(4)43)38(47)42(49)39(48)35-37(46)33-30(21-40(35,5)22-41(34,42)6)29(19-20-31(33)44)28-17-15-27(16-18-28)10-8-7-9-26-13-11-24(3)12-14-26/h11-20,23,34,44-45,48-49H,7-10,21-22H2,1-6H3/t34?,40-,41-,42+/m1/s1. The van der Waals surface area contributed by atoms with Crippen molar-refractivity contribution in [2.75, 3.05) is 0 Å². The van der Waals surface area contributed by atoms with E-state index in [1.54, 1.807) is 13.0 Å². The largest absolute Gasteiger partial charge is 0.511 e. The second-order valence-corrected chi connectivity index (χ2v) is 15.3. The van der Waals surface area contributed by atoms with E-state index >= 15 is 0 Å². The van der Waals surface area contributed by atoms with Gasteiger partial charge in [0, 0.05) is 22.3 Å². The van der Waals surface area contributed by atoms with Crippen LogP contribution in [-0.2, 0) is 28.9 Å². The average Bonchev–Trinajstić information content (AvgIpc) is 3.02. The lowest BCUT2D eigenvalue weighted by molar-refractivity contribution is -0.171. The Morgan fingerprint density at radius 2 is 1.45 bits per heavy atom. The van der Waals surface area contributed by atoms with E-state index in [1.807, 2.05) is 32.9 Å². The lowest BCUT2D eigenvalue weighted by Crippen LogP contribution is -2.67. The van der Waals surface area contributed by atoms with Crippen molar-refractivity contribution in [2.45, 2.75) is 85.7 Å². The summed E-state index contributed by atoms with van der Waals surface area (Å²) in [7, 11) is 0. The number of hydrogen-bond donors (Lipinski definition) is 4. The third-order valence-corrected chi connectivity index (χ3v) is 11.5. The van der Waals surface area contributed by atoms with Gasteiger partial charge in [-0.25, -0.2) is 0 Å². The molecular formula is C42H46O7. The lowest BCUT2D eigenvalue weighted by atomic mass is 9.44. The van der Waals surface area contributed by atoms with Crippen LogP contribution in [0.4, 0.5) is 0 Å². The molecule has 6 rings (SSSR count). The number of carbonyl (C=O) groups is 3. The van der Waals surface area contributed by atoms with E-state index < -0.39 is 56.8 Å². The predicted molar refractivity (Wildman–Crippen MR) is 189 cm³/mol. The Morgan fingerprint density at radius 3 is 2.00 bits per heavy atom. The van der Waals surface area contributed by atoms with E-state index in [-0.39, 0.29) is 35.6 Å². The summed E-state index contributed by atoms with van der Waals surface area (Å²) in [6, 6.07) is 20.2. The summed E-state index contributed by atoms with van der Waals surface area (Å²) < 4.78 is 0. The van der Waals surface area contributed by atoms with Crippen molar-refractivity contribution in [3.05, 3.63) is 111 Å². The average molecular weight is 663 g/mol. The van der Waals surface area contributed by atoms with Crippen LogP contribution in [-0.4, -0.2) is 43.4 Å². The van der Waals surface area contributed by atoms with Crippen molar-refractivity contribution in [1.29, 1.82) is 0 Å². The molecule has 0 spiro atoms. The molecule has 0 aromatic heterocycles. The summed E-state index contributed by atoms with van der Waals surface area (Å²) in [6.07, 6.45) is 4.40. The molecule has 0 aliphatic heterocycles. The van der Waals surface area contributed by atoms with Gasteiger partial charge in [-0.05, 0) is 92.2 Å². The smallest absolute Gasteiger partial charge is 0.209 e. The summed E-state index contributed by atoms with van der Waals surface area (Å²) in [6.45, 7) is 10.3. The van der Waals surface area contributed by atoms with Crippen molar-refractivity contribution in [3.8, 4) is 16.9 Å². The summed E-state index contributed by atoms with van der Waals surface area (Å²) >= 11 is 0. The number of fused-ring (bicyclic) bond motifs is 3. The molecule has 3 aromatic carbocycles. The van der Waals surface area contributed by atoms with Crippen LogP contribution in [0.2, 0.25) is 0 Å². The number of phenolic OH excluding ortho intramolecular Hbond substituents is 1. The number of rotatable bonds is 8. The van der Waals surface area contributed by atoms with Gasteiger partial charge in [-0.1, -0.05) is 87.9 Å². The molecule has 0 fully saturated rings. The lowest BCUT2D eigenvalue weighted by Gasteiger charge is -2.59. The van der Waals surface area contributed by atoms with Gasteiger partial charge >= 0.3 is 0 Å². The van der Waals surface area contributed by atoms with Gasteiger partial charge in [-0.2, -0.15) is 0 Å². The molecule has 0 saturated heterocycles. The molecule has 7 heteroatoms. The second kappa shape index (κ2) is 12.1. The van der Waals surface area contributed by atoms with Crippen LogP contribution >= 0.6 is 0 Å². The maximum absolute atomic E-state index is 14.4. The SMILES string of the molecule is CC(=O)C1=C(O)C(C(C)C)[C@@]2(C)C[C@@]3(C)Cc4c(-c5ccc(CCCCc6ccc(C)cc6)cc5)ccc(O)c4C(=O)C3=C(O)[C@@]2(O)C1=O. The molecule has 256 valence electrons. The molecule has 0 amide bonds. The van der Waals surface area contributed by atoms with Gasteiger partial charge in [0.25, 0.3) is 0 Å².